The van der Waals surface area contributed by atoms with E-state index in [-0.39, 0.29) is 17.9 Å². The molecule has 132 valence electrons. The first-order chi connectivity index (χ1) is 12.3. The smallest absolute Gasteiger partial charge is 0.223 e. The molecule has 1 aromatic carbocycles. The summed E-state index contributed by atoms with van der Waals surface area (Å²) in [6.45, 7) is 2.51. The maximum absolute atomic E-state index is 12.4. The monoisotopic (exact) mass is 338 g/mol. The number of benzene rings is 1. The molecule has 1 N–H and O–H groups in total. The lowest BCUT2D eigenvalue weighted by Gasteiger charge is -2.34. The number of hydrogen-bond acceptors (Lipinski definition) is 3. The van der Waals surface area contributed by atoms with Crippen molar-refractivity contribution in [3.63, 3.8) is 0 Å². The van der Waals surface area contributed by atoms with Gasteiger partial charge in [-0.1, -0.05) is 37.1 Å². The molecule has 4 nitrogen and oxygen atoms in total. The van der Waals surface area contributed by atoms with Gasteiger partial charge in [-0.25, -0.2) is 0 Å². The SMILES string of the molecule is O=C(NC[C@H](c1ccco1)N1CCc2ccccc2C1)C1CCCC1. The van der Waals surface area contributed by atoms with Crippen molar-refractivity contribution in [2.24, 2.45) is 5.92 Å². The quantitative estimate of drug-likeness (QED) is 0.904. The zero-order valence-corrected chi connectivity index (χ0v) is 14.6. The van der Waals surface area contributed by atoms with Crippen LogP contribution in [0.3, 0.4) is 0 Å². The van der Waals surface area contributed by atoms with Gasteiger partial charge in [0.25, 0.3) is 0 Å². The third kappa shape index (κ3) is 3.64. The van der Waals surface area contributed by atoms with Crippen molar-refractivity contribution in [1.82, 2.24) is 10.2 Å². The number of fused-ring (bicyclic) bond motifs is 1. The van der Waals surface area contributed by atoms with Crippen LogP contribution in [0.4, 0.5) is 0 Å². The Kier molecular flexibility index (Phi) is 4.88. The van der Waals surface area contributed by atoms with Crippen LogP contribution in [0.25, 0.3) is 0 Å². The topological polar surface area (TPSA) is 45.5 Å². The zero-order valence-electron chi connectivity index (χ0n) is 14.6. The lowest BCUT2D eigenvalue weighted by Crippen LogP contribution is -2.41. The van der Waals surface area contributed by atoms with Crippen molar-refractivity contribution in [2.75, 3.05) is 13.1 Å². The predicted octanol–water partition coefficient (Wildman–Crippen LogP) is 3.69. The molecule has 1 saturated carbocycles. The van der Waals surface area contributed by atoms with Crippen LogP contribution in [0.5, 0.6) is 0 Å². The van der Waals surface area contributed by atoms with Gasteiger partial charge in [0.1, 0.15) is 5.76 Å². The van der Waals surface area contributed by atoms with Gasteiger partial charge < -0.3 is 9.73 Å². The highest BCUT2D eigenvalue weighted by Crippen LogP contribution is 2.29. The molecule has 1 aliphatic carbocycles. The van der Waals surface area contributed by atoms with Crippen LogP contribution in [0.1, 0.15) is 48.6 Å². The van der Waals surface area contributed by atoms with E-state index in [9.17, 15) is 4.79 Å². The fraction of sp³-hybridized carbons (Fsp3) is 0.476. The van der Waals surface area contributed by atoms with E-state index in [1.165, 1.54) is 24.0 Å². The average Bonchev–Trinajstić information content (AvgIpc) is 3.35. The third-order valence-electron chi connectivity index (χ3n) is 5.67. The molecule has 4 rings (SSSR count). The minimum absolute atomic E-state index is 0.0914. The van der Waals surface area contributed by atoms with Crippen molar-refractivity contribution in [1.29, 1.82) is 0 Å². The number of hydrogen-bond donors (Lipinski definition) is 1. The van der Waals surface area contributed by atoms with Crippen LogP contribution in [0.15, 0.2) is 47.1 Å². The van der Waals surface area contributed by atoms with Gasteiger partial charge in [0.15, 0.2) is 0 Å². The highest BCUT2D eigenvalue weighted by molar-refractivity contribution is 5.78. The second-order valence-corrected chi connectivity index (χ2v) is 7.25. The van der Waals surface area contributed by atoms with E-state index in [0.29, 0.717) is 6.54 Å². The third-order valence-corrected chi connectivity index (χ3v) is 5.67. The number of furan rings is 1. The molecule has 1 aliphatic heterocycles. The number of carbonyl (C=O) groups is 1. The van der Waals surface area contributed by atoms with Crippen molar-refractivity contribution in [3.8, 4) is 0 Å². The van der Waals surface area contributed by atoms with E-state index >= 15 is 0 Å². The standard InChI is InChI=1S/C21H26N2O2/c24-21(17-7-2-3-8-17)22-14-19(20-10-5-13-25-20)23-12-11-16-6-1-4-9-18(16)15-23/h1,4-6,9-10,13,17,19H,2-3,7-8,11-12,14-15H2,(H,22,24)/t19-/m1/s1. The van der Waals surface area contributed by atoms with E-state index in [0.717, 1.165) is 38.1 Å². The first-order valence-electron chi connectivity index (χ1n) is 9.43. The number of nitrogens with zero attached hydrogens (tertiary/aromatic N) is 1. The van der Waals surface area contributed by atoms with Gasteiger partial charge in [0, 0.05) is 25.6 Å². The number of amides is 1. The summed E-state index contributed by atoms with van der Waals surface area (Å²) in [4.78, 5) is 14.9. The van der Waals surface area contributed by atoms with Crippen LogP contribution in [-0.2, 0) is 17.8 Å². The number of rotatable bonds is 5. The molecule has 0 radical (unpaired) electrons. The number of carbonyl (C=O) groups excluding carboxylic acids is 1. The normalized spacial score (nSPS) is 19.5. The van der Waals surface area contributed by atoms with E-state index in [2.05, 4.69) is 34.5 Å². The Labute approximate surface area is 149 Å². The molecule has 2 aromatic rings. The fourth-order valence-electron chi connectivity index (χ4n) is 4.20. The summed E-state index contributed by atoms with van der Waals surface area (Å²) < 4.78 is 5.70. The van der Waals surface area contributed by atoms with Crippen LogP contribution in [0, 0.1) is 5.92 Å². The Hall–Kier alpha value is -2.07. The molecule has 1 fully saturated rings. The Morgan fingerprint density at radius 1 is 1.16 bits per heavy atom. The van der Waals surface area contributed by atoms with Crippen molar-refractivity contribution < 1.29 is 9.21 Å². The summed E-state index contributed by atoms with van der Waals surface area (Å²) in [5.74, 6) is 1.36. The highest BCUT2D eigenvalue weighted by atomic mass is 16.3. The minimum atomic E-state index is 0.0914. The van der Waals surface area contributed by atoms with E-state index in [1.807, 2.05) is 12.1 Å². The summed E-state index contributed by atoms with van der Waals surface area (Å²) in [5.41, 5.74) is 2.82. The average molecular weight is 338 g/mol. The van der Waals surface area contributed by atoms with Gasteiger partial charge in [0.05, 0.1) is 12.3 Å². The summed E-state index contributed by atoms with van der Waals surface area (Å²) in [6.07, 6.45) is 7.21. The molecule has 0 bridgehead atoms. The molecular formula is C21H26N2O2. The fourth-order valence-corrected chi connectivity index (χ4v) is 4.20. The van der Waals surface area contributed by atoms with Crippen LogP contribution in [0.2, 0.25) is 0 Å². The Morgan fingerprint density at radius 3 is 2.72 bits per heavy atom. The summed E-state index contributed by atoms with van der Waals surface area (Å²) in [7, 11) is 0. The summed E-state index contributed by atoms with van der Waals surface area (Å²) in [5, 5.41) is 3.19. The van der Waals surface area contributed by atoms with Crippen molar-refractivity contribution >= 4 is 5.91 Å². The maximum Gasteiger partial charge on any atom is 0.223 e. The van der Waals surface area contributed by atoms with Crippen LogP contribution >= 0.6 is 0 Å². The molecule has 0 unspecified atom stereocenters. The summed E-state index contributed by atoms with van der Waals surface area (Å²) in [6, 6.07) is 12.7. The van der Waals surface area contributed by atoms with Gasteiger partial charge in [-0.2, -0.15) is 0 Å². The first-order valence-corrected chi connectivity index (χ1v) is 9.43. The van der Waals surface area contributed by atoms with Gasteiger partial charge in [0.2, 0.25) is 5.91 Å². The van der Waals surface area contributed by atoms with Crippen LogP contribution < -0.4 is 5.32 Å². The molecule has 0 spiro atoms. The maximum atomic E-state index is 12.4. The van der Waals surface area contributed by atoms with Crippen molar-refractivity contribution in [2.45, 2.75) is 44.7 Å². The molecule has 25 heavy (non-hydrogen) atoms. The second-order valence-electron chi connectivity index (χ2n) is 7.25. The first kappa shape index (κ1) is 16.4. The predicted molar refractivity (Wildman–Crippen MR) is 97.0 cm³/mol. The molecule has 1 amide bonds. The van der Waals surface area contributed by atoms with E-state index < -0.39 is 0 Å². The van der Waals surface area contributed by atoms with Crippen molar-refractivity contribution in [3.05, 3.63) is 59.5 Å². The van der Waals surface area contributed by atoms with Gasteiger partial charge in [-0.05, 0) is 42.5 Å². The minimum Gasteiger partial charge on any atom is -0.468 e. The van der Waals surface area contributed by atoms with Gasteiger partial charge >= 0.3 is 0 Å². The molecule has 0 saturated heterocycles. The zero-order chi connectivity index (χ0) is 17.1. The van der Waals surface area contributed by atoms with E-state index in [4.69, 9.17) is 4.42 Å². The largest absolute Gasteiger partial charge is 0.468 e. The highest BCUT2D eigenvalue weighted by Gasteiger charge is 2.28. The molecule has 4 heteroatoms. The molecule has 1 atom stereocenters. The second kappa shape index (κ2) is 7.44. The van der Waals surface area contributed by atoms with Crippen LogP contribution in [-0.4, -0.2) is 23.9 Å². The summed E-state index contributed by atoms with van der Waals surface area (Å²) >= 11 is 0. The van der Waals surface area contributed by atoms with E-state index in [1.54, 1.807) is 6.26 Å². The Balaban J connectivity index is 1.46. The molecule has 1 aromatic heterocycles. The molecule has 2 heterocycles. The molecule has 2 aliphatic rings. The Morgan fingerprint density at radius 2 is 1.96 bits per heavy atom. The lowest BCUT2D eigenvalue weighted by molar-refractivity contribution is -0.125. The number of nitrogens with one attached hydrogen (secondary N) is 1. The molecular weight excluding hydrogens is 312 g/mol. The van der Waals surface area contributed by atoms with Gasteiger partial charge in [-0.15, -0.1) is 0 Å². The van der Waals surface area contributed by atoms with Gasteiger partial charge in [-0.3, -0.25) is 9.69 Å². The lowest BCUT2D eigenvalue weighted by atomic mass is 9.98. The Bertz CT molecular complexity index is 704.